The first-order chi connectivity index (χ1) is 8.52. The standard InChI is InChI=1S/C11H13BrN4O2/c1-3-7-4-8(15(2)14-7)6-16-10(17)9(12)5-13-11(16)18/h4-5H,3,6H2,1-2H3,(H,13,18). The van der Waals surface area contributed by atoms with Gasteiger partial charge in [0.15, 0.2) is 0 Å². The Hall–Kier alpha value is -1.63. The molecule has 18 heavy (non-hydrogen) atoms. The Labute approximate surface area is 111 Å². The van der Waals surface area contributed by atoms with E-state index >= 15 is 0 Å². The van der Waals surface area contributed by atoms with Gasteiger partial charge in [0.05, 0.1) is 22.4 Å². The highest BCUT2D eigenvalue weighted by molar-refractivity contribution is 9.10. The summed E-state index contributed by atoms with van der Waals surface area (Å²) in [5.74, 6) is 0. The molecule has 0 bridgehead atoms. The van der Waals surface area contributed by atoms with Gasteiger partial charge >= 0.3 is 5.69 Å². The molecule has 0 amide bonds. The lowest BCUT2D eigenvalue weighted by Crippen LogP contribution is -2.35. The van der Waals surface area contributed by atoms with Crippen LogP contribution in [0.5, 0.6) is 0 Å². The number of hydrogen-bond donors (Lipinski definition) is 1. The zero-order valence-electron chi connectivity index (χ0n) is 10.1. The smallest absolute Gasteiger partial charge is 0.313 e. The molecule has 0 aromatic carbocycles. The molecule has 0 saturated heterocycles. The number of H-pyrrole nitrogens is 1. The van der Waals surface area contributed by atoms with E-state index in [4.69, 9.17) is 0 Å². The monoisotopic (exact) mass is 312 g/mol. The van der Waals surface area contributed by atoms with Crippen LogP contribution in [0.2, 0.25) is 0 Å². The van der Waals surface area contributed by atoms with E-state index in [1.54, 1.807) is 11.7 Å². The van der Waals surface area contributed by atoms with Crippen molar-refractivity contribution >= 4 is 15.9 Å². The number of hydrogen-bond acceptors (Lipinski definition) is 3. The summed E-state index contributed by atoms with van der Waals surface area (Å²) in [5, 5.41) is 4.28. The fraction of sp³-hybridized carbons (Fsp3) is 0.364. The summed E-state index contributed by atoms with van der Waals surface area (Å²) in [5.41, 5.74) is 0.977. The Bertz CT molecular complexity index is 683. The van der Waals surface area contributed by atoms with Gasteiger partial charge in [0.1, 0.15) is 0 Å². The summed E-state index contributed by atoms with van der Waals surface area (Å²) >= 11 is 3.11. The Morgan fingerprint density at radius 2 is 2.17 bits per heavy atom. The van der Waals surface area contributed by atoms with Gasteiger partial charge < -0.3 is 4.98 Å². The molecule has 96 valence electrons. The molecule has 0 unspecified atom stereocenters. The summed E-state index contributed by atoms with van der Waals surface area (Å²) in [6.07, 6.45) is 2.17. The first-order valence-electron chi connectivity index (χ1n) is 5.52. The molecule has 1 N–H and O–H groups in total. The number of nitrogens with zero attached hydrogens (tertiary/aromatic N) is 3. The highest BCUT2D eigenvalue weighted by atomic mass is 79.9. The number of aromatic nitrogens is 4. The second-order valence-electron chi connectivity index (χ2n) is 3.94. The molecule has 6 nitrogen and oxygen atoms in total. The number of aromatic amines is 1. The molecule has 0 saturated carbocycles. The lowest BCUT2D eigenvalue weighted by molar-refractivity contribution is 0.624. The lowest BCUT2D eigenvalue weighted by Gasteiger charge is -2.04. The topological polar surface area (TPSA) is 72.7 Å². The van der Waals surface area contributed by atoms with Crippen LogP contribution < -0.4 is 11.2 Å². The average molecular weight is 313 g/mol. The van der Waals surface area contributed by atoms with Gasteiger partial charge in [0, 0.05) is 13.2 Å². The van der Waals surface area contributed by atoms with E-state index < -0.39 is 5.69 Å². The second-order valence-corrected chi connectivity index (χ2v) is 4.79. The summed E-state index contributed by atoms with van der Waals surface area (Å²) in [6.45, 7) is 2.21. The van der Waals surface area contributed by atoms with Crippen LogP contribution in [0.4, 0.5) is 0 Å². The molecular weight excluding hydrogens is 300 g/mol. The van der Waals surface area contributed by atoms with E-state index in [1.165, 1.54) is 6.20 Å². The van der Waals surface area contributed by atoms with E-state index in [2.05, 4.69) is 26.0 Å². The Kier molecular flexibility index (Phi) is 3.51. The molecule has 0 aliphatic carbocycles. The minimum Gasteiger partial charge on any atom is -0.313 e. The van der Waals surface area contributed by atoms with E-state index in [0.717, 1.165) is 22.4 Å². The first kappa shape index (κ1) is 12.8. The third-order valence-electron chi connectivity index (χ3n) is 2.73. The second kappa shape index (κ2) is 4.93. The minimum absolute atomic E-state index is 0.205. The van der Waals surface area contributed by atoms with Gasteiger partial charge in [-0.05, 0) is 28.4 Å². The molecule has 2 aromatic rings. The van der Waals surface area contributed by atoms with Crippen LogP contribution in [-0.4, -0.2) is 19.3 Å². The Balaban J connectivity index is 2.46. The highest BCUT2D eigenvalue weighted by Gasteiger charge is 2.09. The molecule has 2 aromatic heterocycles. The van der Waals surface area contributed by atoms with Crippen molar-refractivity contribution in [2.45, 2.75) is 19.9 Å². The zero-order chi connectivity index (χ0) is 13.3. The van der Waals surface area contributed by atoms with Crippen molar-refractivity contribution in [3.63, 3.8) is 0 Å². The maximum atomic E-state index is 11.8. The van der Waals surface area contributed by atoms with E-state index in [0.29, 0.717) is 4.47 Å². The number of rotatable bonds is 3. The maximum absolute atomic E-state index is 11.8. The van der Waals surface area contributed by atoms with Crippen LogP contribution in [0.3, 0.4) is 0 Å². The van der Waals surface area contributed by atoms with Gasteiger partial charge in [0.25, 0.3) is 5.56 Å². The van der Waals surface area contributed by atoms with E-state index in [9.17, 15) is 9.59 Å². The number of halogens is 1. The first-order valence-corrected chi connectivity index (χ1v) is 6.32. The summed E-state index contributed by atoms with van der Waals surface area (Å²) < 4.78 is 3.16. The van der Waals surface area contributed by atoms with Gasteiger partial charge in [-0.2, -0.15) is 5.10 Å². The average Bonchev–Trinajstić information content (AvgIpc) is 2.70. The van der Waals surface area contributed by atoms with Crippen LogP contribution in [-0.2, 0) is 20.0 Å². The third-order valence-corrected chi connectivity index (χ3v) is 3.29. The predicted molar refractivity (Wildman–Crippen MR) is 70.7 cm³/mol. The van der Waals surface area contributed by atoms with Gasteiger partial charge in [0.2, 0.25) is 0 Å². The van der Waals surface area contributed by atoms with Crippen LogP contribution >= 0.6 is 15.9 Å². The van der Waals surface area contributed by atoms with Crippen molar-refractivity contribution in [3.05, 3.63) is 49.0 Å². The molecule has 0 aliphatic heterocycles. The molecule has 0 aliphatic rings. The van der Waals surface area contributed by atoms with Crippen molar-refractivity contribution in [2.24, 2.45) is 7.05 Å². The van der Waals surface area contributed by atoms with Gasteiger partial charge in [-0.15, -0.1) is 0 Å². The van der Waals surface area contributed by atoms with Crippen LogP contribution in [0.1, 0.15) is 18.3 Å². The van der Waals surface area contributed by atoms with Crippen molar-refractivity contribution in [1.82, 2.24) is 19.3 Å². The number of nitrogens with one attached hydrogen (secondary N) is 1. The molecule has 0 radical (unpaired) electrons. The summed E-state index contributed by atoms with van der Waals surface area (Å²) in [7, 11) is 1.80. The normalized spacial score (nSPS) is 10.8. The van der Waals surface area contributed by atoms with E-state index in [1.807, 2.05) is 13.0 Å². The quantitative estimate of drug-likeness (QED) is 0.904. The summed E-state index contributed by atoms with van der Waals surface area (Å²) in [4.78, 5) is 26.0. The van der Waals surface area contributed by atoms with Gasteiger partial charge in [-0.3, -0.25) is 14.0 Å². The summed E-state index contributed by atoms with van der Waals surface area (Å²) in [6, 6.07) is 1.90. The minimum atomic E-state index is -0.428. The van der Waals surface area contributed by atoms with E-state index in [-0.39, 0.29) is 12.1 Å². The zero-order valence-corrected chi connectivity index (χ0v) is 11.7. The molecule has 0 atom stereocenters. The van der Waals surface area contributed by atoms with Crippen molar-refractivity contribution in [3.8, 4) is 0 Å². The highest BCUT2D eigenvalue weighted by Crippen LogP contribution is 2.05. The van der Waals surface area contributed by atoms with Crippen LogP contribution in [0.15, 0.2) is 26.3 Å². The van der Waals surface area contributed by atoms with Crippen molar-refractivity contribution in [1.29, 1.82) is 0 Å². The fourth-order valence-corrected chi connectivity index (χ4v) is 2.01. The molecule has 7 heteroatoms. The Morgan fingerprint density at radius 3 is 2.78 bits per heavy atom. The molecule has 2 heterocycles. The van der Waals surface area contributed by atoms with Crippen molar-refractivity contribution < 1.29 is 0 Å². The van der Waals surface area contributed by atoms with Gasteiger partial charge in [-0.1, -0.05) is 6.92 Å². The number of aryl methyl sites for hydroxylation is 2. The van der Waals surface area contributed by atoms with Gasteiger partial charge in [-0.25, -0.2) is 4.79 Å². The fourth-order valence-electron chi connectivity index (χ4n) is 1.68. The molecule has 2 rings (SSSR count). The molecular formula is C11H13BrN4O2. The van der Waals surface area contributed by atoms with Crippen molar-refractivity contribution in [2.75, 3.05) is 0 Å². The molecule has 0 spiro atoms. The van der Waals surface area contributed by atoms with Crippen LogP contribution in [0.25, 0.3) is 0 Å². The largest absolute Gasteiger partial charge is 0.328 e. The predicted octanol–water partition coefficient (Wildman–Crippen LogP) is 0.643. The van der Waals surface area contributed by atoms with Crippen LogP contribution in [0, 0.1) is 0 Å². The Morgan fingerprint density at radius 1 is 1.44 bits per heavy atom. The SMILES string of the molecule is CCc1cc(Cn2c(=O)[nH]cc(Br)c2=O)n(C)n1. The molecule has 0 fully saturated rings. The maximum Gasteiger partial charge on any atom is 0.328 e. The third kappa shape index (κ3) is 2.31. The lowest BCUT2D eigenvalue weighted by atomic mass is 10.3.